The number of ether oxygens (including phenoxy) is 2. The molecule has 3 N–H and O–H groups in total. The minimum atomic E-state index is -0.733. The minimum absolute atomic E-state index is 0.0655. The third kappa shape index (κ3) is 5.71. The standard InChI is InChI=1S/C22H27NO6/c1-14(25)15-5-8-17(9-6-15)23-21(27)29-20(22(2,3)11-12-24)16-7-10-19(28-4)18(26)13-16/h5-10,13,20,24,26H,11-12H2,1-4H3,(H,23,27)/t20-/m1/s1. The van der Waals surface area contributed by atoms with Gasteiger partial charge < -0.3 is 19.7 Å². The number of benzene rings is 2. The average Bonchev–Trinajstić information content (AvgIpc) is 2.66. The predicted octanol–water partition coefficient (Wildman–Crippen LogP) is 4.30. The van der Waals surface area contributed by atoms with E-state index in [4.69, 9.17) is 9.47 Å². The molecule has 0 saturated carbocycles. The quantitative estimate of drug-likeness (QED) is 0.570. The second-order valence-electron chi connectivity index (χ2n) is 7.44. The summed E-state index contributed by atoms with van der Waals surface area (Å²) in [6.45, 7) is 5.12. The first-order valence-corrected chi connectivity index (χ1v) is 9.24. The Hall–Kier alpha value is -3.06. The van der Waals surface area contributed by atoms with Crippen LogP contribution in [0.3, 0.4) is 0 Å². The lowest BCUT2D eigenvalue weighted by Crippen LogP contribution is -2.29. The molecule has 2 aromatic carbocycles. The number of aliphatic hydroxyl groups excluding tert-OH is 1. The second kappa shape index (κ2) is 9.43. The highest BCUT2D eigenvalue weighted by atomic mass is 16.6. The van der Waals surface area contributed by atoms with Crippen molar-refractivity contribution in [1.82, 2.24) is 0 Å². The summed E-state index contributed by atoms with van der Waals surface area (Å²) in [4.78, 5) is 23.9. The summed E-state index contributed by atoms with van der Waals surface area (Å²) in [7, 11) is 1.45. The molecule has 0 bridgehead atoms. The molecule has 29 heavy (non-hydrogen) atoms. The van der Waals surface area contributed by atoms with E-state index in [1.54, 1.807) is 36.4 Å². The van der Waals surface area contributed by atoms with Gasteiger partial charge >= 0.3 is 6.09 Å². The van der Waals surface area contributed by atoms with E-state index in [1.807, 2.05) is 13.8 Å². The Morgan fingerprint density at radius 3 is 2.31 bits per heavy atom. The molecule has 0 aromatic heterocycles. The lowest BCUT2D eigenvalue weighted by atomic mass is 9.80. The number of methoxy groups -OCH3 is 1. The van der Waals surface area contributed by atoms with Crippen molar-refractivity contribution in [3.8, 4) is 11.5 Å². The number of hydrogen-bond acceptors (Lipinski definition) is 6. The van der Waals surface area contributed by atoms with E-state index in [2.05, 4.69) is 5.32 Å². The number of aliphatic hydroxyl groups is 1. The summed E-state index contributed by atoms with van der Waals surface area (Å²) in [6.07, 6.45) is -1.04. The van der Waals surface area contributed by atoms with Crippen LogP contribution in [-0.2, 0) is 4.74 Å². The molecule has 0 unspecified atom stereocenters. The summed E-state index contributed by atoms with van der Waals surface area (Å²) in [5.74, 6) is 0.172. The van der Waals surface area contributed by atoms with Crippen LogP contribution < -0.4 is 10.1 Å². The zero-order valence-electron chi connectivity index (χ0n) is 17.1. The Morgan fingerprint density at radius 1 is 1.14 bits per heavy atom. The molecule has 0 aliphatic carbocycles. The Kier molecular flexibility index (Phi) is 7.23. The first-order valence-electron chi connectivity index (χ1n) is 9.24. The molecule has 0 aliphatic heterocycles. The molecule has 0 fully saturated rings. The van der Waals surface area contributed by atoms with Crippen molar-refractivity contribution in [3.05, 3.63) is 53.6 Å². The van der Waals surface area contributed by atoms with Crippen LogP contribution in [0.1, 0.15) is 49.2 Å². The van der Waals surface area contributed by atoms with Crippen LogP contribution in [0.15, 0.2) is 42.5 Å². The van der Waals surface area contributed by atoms with Crippen LogP contribution in [0.5, 0.6) is 11.5 Å². The topological polar surface area (TPSA) is 105 Å². The van der Waals surface area contributed by atoms with Gasteiger partial charge in [-0.3, -0.25) is 10.1 Å². The molecule has 2 aromatic rings. The second-order valence-corrected chi connectivity index (χ2v) is 7.44. The van der Waals surface area contributed by atoms with Gasteiger partial charge in [-0.15, -0.1) is 0 Å². The van der Waals surface area contributed by atoms with Crippen LogP contribution in [0.2, 0.25) is 0 Å². The molecular formula is C22H27NO6. The van der Waals surface area contributed by atoms with Gasteiger partial charge in [0.25, 0.3) is 0 Å². The van der Waals surface area contributed by atoms with Crippen molar-refractivity contribution < 1.29 is 29.3 Å². The van der Waals surface area contributed by atoms with E-state index in [1.165, 1.54) is 20.1 Å². The summed E-state index contributed by atoms with van der Waals surface area (Å²) in [5.41, 5.74) is 0.991. The summed E-state index contributed by atoms with van der Waals surface area (Å²) < 4.78 is 10.7. The molecule has 156 valence electrons. The zero-order valence-corrected chi connectivity index (χ0v) is 17.1. The molecular weight excluding hydrogens is 374 g/mol. The fraction of sp³-hybridized carbons (Fsp3) is 0.364. The summed E-state index contributed by atoms with van der Waals surface area (Å²) in [5, 5.41) is 22.2. The average molecular weight is 401 g/mol. The first-order chi connectivity index (χ1) is 13.7. The van der Waals surface area contributed by atoms with Gasteiger partial charge in [-0.05, 0) is 55.3 Å². The number of nitrogens with one attached hydrogen (secondary N) is 1. The number of ketones is 1. The lowest BCUT2D eigenvalue weighted by molar-refractivity contribution is 0.0151. The zero-order chi connectivity index (χ0) is 21.6. The molecule has 1 amide bonds. The molecule has 0 spiro atoms. The largest absolute Gasteiger partial charge is 0.504 e. The van der Waals surface area contributed by atoms with Gasteiger partial charge in [-0.25, -0.2) is 4.79 Å². The maximum Gasteiger partial charge on any atom is 0.412 e. The van der Waals surface area contributed by atoms with Crippen LogP contribution >= 0.6 is 0 Å². The van der Waals surface area contributed by atoms with Crippen molar-refractivity contribution in [3.63, 3.8) is 0 Å². The number of carbonyl (C=O) groups excluding carboxylic acids is 2. The maximum absolute atomic E-state index is 12.5. The number of phenolic OH excluding ortho intramolecular Hbond substituents is 1. The number of anilines is 1. The summed E-state index contributed by atoms with van der Waals surface area (Å²) in [6, 6.07) is 11.2. The van der Waals surface area contributed by atoms with E-state index in [9.17, 15) is 19.8 Å². The SMILES string of the molecule is COc1ccc([C@@H](OC(=O)Nc2ccc(C(C)=O)cc2)C(C)(C)CCO)cc1O. The number of Topliss-reactive ketones (excluding diaryl/α,β-unsaturated/α-hetero) is 1. The van der Waals surface area contributed by atoms with Gasteiger partial charge in [0, 0.05) is 23.3 Å². The van der Waals surface area contributed by atoms with Crippen LogP contribution in [0, 0.1) is 5.41 Å². The third-order valence-electron chi connectivity index (χ3n) is 4.73. The monoisotopic (exact) mass is 401 g/mol. The molecule has 2 rings (SSSR count). The maximum atomic E-state index is 12.5. The Morgan fingerprint density at radius 2 is 1.79 bits per heavy atom. The van der Waals surface area contributed by atoms with Crippen molar-refractivity contribution in [2.75, 3.05) is 19.0 Å². The lowest BCUT2D eigenvalue weighted by Gasteiger charge is -2.34. The van der Waals surface area contributed by atoms with Crippen molar-refractivity contribution in [2.24, 2.45) is 5.41 Å². The number of aromatic hydroxyl groups is 1. The summed E-state index contributed by atoms with van der Waals surface area (Å²) >= 11 is 0. The molecule has 7 heteroatoms. The van der Waals surface area contributed by atoms with Gasteiger partial charge in [-0.2, -0.15) is 0 Å². The van der Waals surface area contributed by atoms with Crippen molar-refractivity contribution >= 4 is 17.6 Å². The minimum Gasteiger partial charge on any atom is -0.504 e. The van der Waals surface area contributed by atoms with Gasteiger partial charge in [0.2, 0.25) is 0 Å². The van der Waals surface area contributed by atoms with E-state index in [0.29, 0.717) is 29.0 Å². The predicted molar refractivity (Wildman–Crippen MR) is 109 cm³/mol. The normalized spacial score (nSPS) is 12.2. The fourth-order valence-electron chi connectivity index (χ4n) is 3.01. The van der Waals surface area contributed by atoms with Gasteiger partial charge in [0.15, 0.2) is 17.3 Å². The van der Waals surface area contributed by atoms with Crippen LogP contribution in [0.25, 0.3) is 0 Å². The van der Waals surface area contributed by atoms with Crippen LogP contribution in [-0.4, -0.2) is 35.8 Å². The highest BCUT2D eigenvalue weighted by Gasteiger charge is 2.34. The van der Waals surface area contributed by atoms with Gasteiger partial charge in [-0.1, -0.05) is 19.9 Å². The van der Waals surface area contributed by atoms with Crippen molar-refractivity contribution in [1.29, 1.82) is 0 Å². The number of amides is 1. The van der Waals surface area contributed by atoms with E-state index in [0.717, 1.165) is 0 Å². The van der Waals surface area contributed by atoms with Crippen LogP contribution in [0.4, 0.5) is 10.5 Å². The number of hydrogen-bond donors (Lipinski definition) is 3. The van der Waals surface area contributed by atoms with E-state index in [-0.39, 0.29) is 18.1 Å². The van der Waals surface area contributed by atoms with E-state index >= 15 is 0 Å². The fourth-order valence-corrected chi connectivity index (χ4v) is 3.01. The number of rotatable bonds is 8. The molecule has 0 radical (unpaired) electrons. The highest BCUT2D eigenvalue weighted by molar-refractivity contribution is 5.95. The molecule has 7 nitrogen and oxygen atoms in total. The molecule has 1 atom stereocenters. The highest BCUT2D eigenvalue weighted by Crippen LogP contribution is 2.41. The van der Waals surface area contributed by atoms with Gasteiger partial charge in [0.05, 0.1) is 7.11 Å². The molecule has 0 aliphatic rings. The smallest absolute Gasteiger partial charge is 0.412 e. The number of carbonyl (C=O) groups is 2. The van der Waals surface area contributed by atoms with Crippen molar-refractivity contribution in [2.45, 2.75) is 33.3 Å². The number of phenols is 1. The first kappa shape index (κ1) is 22.2. The van der Waals surface area contributed by atoms with Gasteiger partial charge in [0.1, 0.15) is 6.10 Å². The Labute approximate surface area is 170 Å². The van der Waals surface area contributed by atoms with E-state index < -0.39 is 17.6 Å². The molecule has 0 saturated heterocycles. The third-order valence-corrected chi connectivity index (χ3v) is 4.73. The Bertz CT molecular complexity index is 860. The molecule has 0 heterocycles. The Balaban J connectivity index is 2.24.